The van der Waals surface area contributed by atoms with Crippen molar-refractivity contribution in [3.63, 3.8) is 0 Å². The molecule has 1 fully saturated rings. The number of rotatable bonds is 6. The van der Waals surface area contributed by atoms with E-state index in [0.29, 0.717) is 31.1 Å². The third-order valence-electron chi connectivity index (χ3n) is 5.76. The summed E-state index contributed by atoms with van der Waals surface area (Å²) in [5.74, 6) is 0. The maximum atomic E-state index is 13.0. The molecule has 3 aromatic rings. The van der Waals surface area contributed by atoms with Crippen LogP contribution in [0.4, 0.5) is 0 Å². The standard InChI is InChI=1S/C22H29N5O2S/c1-4-5-18-6-8-20(9-7-18)30(28,29)27-12-10-26(11-13-27)16-19-14-21-17(2)24-25(3)22(21)23-15-19/h6-9,14-15H,4-5,10-13,16H2,1-3H3. The lowest BCUT2D eigenvalue weighted by Crippen LogP contribution is -2.48. The van der Waals surface area contributed by atoms with Gasteiger partial charge in [0.2, 0.25) is 10.0 Å². The van der Waals surface area contributed by atoms with Crippen molar-refractivity contribution in [2.45, 2.75) is 38.1 Å². The van der Waals surface area contributed by atoms with Crippen LogP contribution in [0.15, 0.2) is 41.4 Å². The highest BCUT2D eigenvalue weighted by Crippen LogP contribution is 2.21. The SMILES string of the molecule is CCCc1ccc(S(=O)(=O)N2CCN(Cc3cnc4c(c3)c(C)nn4C)CC2)cc1. The van der Waals surface area contributed by atoms with E-state index in [2.05, 4.69) is 28.0 Å². The average Bonchev–Trinajstić information content (AvgIpc) is 3.02. The molecule has 0 saturated carbocycles. The van der Waals surface area contributed by atoms with Crippen LogP contribution in [0.25, 0.3) is 11.0 Å². The lowest BCUT2D eigenvalue weighted by Gasteiger charge is -2.34. The highest BCUT2D eigenvalue weighted by atomic mass is 32.2. The van der Waals surface area contributed by atoms with E-state index < -0.39 is 10.0 Å². The summed E-state index contributed by atoms with van der Waals surface area (Å²) in [5, 5.41) is 5.50. The van der Waals surface area contributed by atoms with Crippen molar-refractivity contribution in [1.82, 2.24) is 24.0 Å². The fourth-order valence-corrected chi connectivity index (χ4v) is 5.51. The molecule has 160 valence electrons. The lowest BCUT2D eigenvalue weighted by molar-refractivity contribution is 0.181. The predicted octanol–water partition coefficient (Wildman–Crippen LogP) is 2.74. The van der Waals surface area contributed by atoms with Crippen molar-refractivity contribution in [3.05, 3.63) is 53.3 Å². The number of sulfonamides is 1. The van der Waals surface area contributed by atoms with Gasteiger partial charge < -0.3 is 0 Å². The molecule has 0 N–H and O–H groups in total. The molecule has 0 amide bonds. The summed E-state index contributed by atoms with van der Waals surface area (Å²) >= 11 is 0. The quantitative estimate of drug-likeness (QED) is 0.605. The van der Waals surface area contributed by atoms with Crippen molar-refractivity contribution in [1.29, 1.82) is 0 Å². The third-order valence-corrected chi connectivity index (χ3v) is 7.67. The molecule has 4 rings (SSSR count). The Bertz CT molecular complexity index is 1130. The van der Waals surface area contributed by atoms with E-state index in [0.717, 1.165) is 41.7 Å². The number of fused-ring (bicyclic) bond motifs is 1. The molecular formula is C22H29N5O2S. The highest BCUT2D eigenvalue weighted by molar-refractivity contribution is 7.89. The largest absolute Gasteiger partial charge is 0.296 e. The molecule has 0 aliphatic carbocycles. The Hall–Kier alpha value is -2.29. The van der Waals surface area contributed by atoms with Crippen LogP contribution < -0.4 is 0 Å². The van der Waals surface area contributed by atoms with Crippen LogP contribution in [0.1, 0.15) is 30.2 Å². The van der Waals surface area contributed by atoms with E-state index in [1.807, 2.05) is 32.3 Å². The summed E-state index contributed by atoms with van der Waals surface area (Å²) in [6, 6.07) is 9.48. The Labute approximate surface area is 178 Å². The van der Waals surface area contributed by atoms with E-state index in [9.17, 15) is 8.42 Å². The minimum atomic E-state index is -3.44. The molecule has 1 aliphatic heterocycles. The van der Waals surface area contributed by atoms with Gasteiger partial charge in [0.15, 0.2) is 5.65 Å². The van der Waals surface area contributed by atoms with Crippen molar-refractivity contribution >= 4 is 21.1 Å². The van der Waals surface area contributed by atoms with Gasteiger partial charge in [-0.25, -0.2) is 13.4 Å². The normalized spacial score (nSPS) is 16.4. The van der Waals surface area contributed by atoms with E-state index in [1.54, 1.807) is 21.1 Å². The highest BCUT2D eigenvalue weighted by Gasteiger charge is 2.28. The molecule has 0 unspecified atom stereocenters. The molecule has 0 atom stereocenters. The van der Waals surface area contributed by atoms with Crippen LogP contribution in [0.3, 0.4) is 0 Å². The Morgan fingerprint density at radius 2 is 1.73 bits per heavy atom. The zero-order chi connectivity index (χ0) is 21.3. The first kappa shape index (κ1) is 21.0. The van der Waals surface area contributed by atoms with Gasteiger partial charge in [0, 0.05) is 51.4 Å². The van der Waals surface area contributed by atoms with Gasteiger partial charge in [0.1, 0.15) is 0 Å². The number of nitrogens with zero attached hydrogens (tertiary/aromatic N) is 5. The monoisotopic (exact) mass is 427 g/mol. The first-order chi connectivity index (χ1) is 14.4. The summed E-state index contributed by atoms with van der Waals surface area (Å²) in [4.78, 5) is 7.22. The average molecular weight is 428 g/mol. The maximum Gasteiger partial charge on any atom is 0.243 e. The smallest absolute Gasteiger partial charge is 0.243 e. The summed E-state index contributed by atoms with van der Waals surface area (Å²) in [6.45, 7) is 7.29. The number of benzene rings is 1. The third kappa shape index (κ3) is 4.12. The lowest BCUT2D eigenvalue weighted by atomic mass is 10.1. The van der Waals surface area contributed by atoms with Gasteiger partial charge in [-0.3, -0.25) is 9.58 Å². The van der Waals surface area contributed by atoms with Crippen molar-refractivity contribution in [2.75, 3.05) is 26.2 Å². The first-order valence-electron chi connectivity index (χ1n) is 10.5. The van der Waals surface area contributed by atoms with Crippen LogP contribution in [0, 0.1) is 6.92 Å². The van der Waals surface area contributed by atoms with E-state index in [1.165, 1.54) is 5.56 Å². The first-order valence-corrected chi connectivity index (χ1v) is 11.9. The van der Waals surface area contributed by atoms with Crippen LogP contribution in [-0.4, -0.2) is 58.6 Å². The Morgan fingerprint density at radius 3 is 2.40 bits per heavy atom. The molecule has 7 nitrogen and oxygen atoms in total. The summed E-state index contributed by atoms with van der Waals surface area (Å²) in [7, 11) is -1.54. The molecule has 1 aliphatic rings. The second-order valence-corrected chi connectivity index (χ2v) is 9.94. The molecule has 8 heteroatoms. The summed E-state index contributed by atoms with van der Waals surface area (Å²) in [5.41, 5.74) is 4.16. The number of piperazine rings is 1. The van der Waals surface area contributed by atoms with Gasteiger partial charge in [-0.2, -0.15) is 9.40 Å². The predicted molar refractivity (Wildman–Crippen MR) is 118 cm³/mol. The molecule has 1 aromatic carbocycles. The molecule has 1 saturated heterocycles. The number of pyridine rings is 1. The molecule has 3 heterocycles. The van der Waals surface area contributed by atoms with E-state index >= 15 is 0 Å². The minimum Gasteiger partial charge on any atom is -0.296 e. The van der Waals surface area contributed by atoms with Gasteiger partial charge in [0.25, 0.3) is 0 Å². The number of aromatic nitrogens is 3. The van der Waals surface area contributed by atoms with Crippen LogP contribution >= 0.6 is 0 Å². The minimum absolute atomic E-state index is 0.387. The Balaban J connectivity index is 1.40. The molecule has 0 radical (unpaired) electrons. The second-order valence-electron chi connectivity index (χ2n) is 8.00. The molecule has 30 heavy (non-hydrogen) atoms. The summed E-state index contributed by atoms with van der Waals surface area (Å²) < 4.78 is 29.4. The fraction of sp³-hybridized carbons (Fsp3) is 0.455. The topological polar surface area (TPSA) is 71.3 Å². The van der Waals surface area contributed by atoms with Gasteiger partial charge >= 0.3 is 0 Å². The van der Waals surface area contributed by atoms with Crippen LogP contribution in [-0.2, 0) is 30.0 Å². The zero-order valence-electron chi connectivity index (χ0n) is 17.9. The van der Waals surface area contributed by atoms with Gasteiger partial charge in [-0.15, -0.1) is 0 Å². The van der Waals surface area contributed by atoms with Crippen molar-refractivity contribution < 1.29 is 8.42 Å². The van der Waals surface area contributed by atoms with Gasteiger partial charge in [0.05, 0.1) is 10.6 Å². The second kappa shape index (κ2) is 8.45. The maximum absolute atomic E-state index is 13.0. The fourth-order valence-electron chi connectivity index (χ4n) is 4.09. The van der Waals surface area contributed by atoms with Crippen LogP contribution in [0.5, 0.6) is 0 Å². The number of hydrogen-bond acceptors (Lipinski definition) is 5. The van der Waals surface area contributed by atoms with E-state index in [4.69, 9.17) is 0 Å². The number of hydrogen-bond donors (Lipinski definition) is 0. The van der Waals surface area contributed by atoms with Crippen molar-refractivity contribution in [3.8, 4) is 0 Å². The number of aryl methyl sites for hydroxylation is 3. The molecule has 0 bridgehead atoms. The van der Waals surface area contributed by atoms with E-state index in [-0.39, 0.29) is 0 Å². The molecule has 0 spiro atoms. The zero-order valence-corrected chi connectivity index (χ0v) is 18.7. The summed E-state index contributed by atoms with van der Waals surface area (Å²) in [6.07, 6.45) is 3.92. The Kier molecular flexibility index (Phi) is 5.90. The van der Waals surface area contributed by atoms with Crippen molar-refractivity contribution in [2.24, 2.45) is 7.05 Å². The van der Waals surface area contributed by atoms with Crippen LogP contribution in [0.2, 0.25) is 0 Å². The molecular weight excluding hydrogens is 398 g/mol. The van der Waals surface area contributed by atoms with Gasteiger partial charge in [-0.05, 0) is 42.7 Å². The Morgan fingerprint density at radius 1 is 1.03 bits per heavy atom. The van der Waals surface area contributed by atoms with Gasteiger partial charge in [-0.1, -0.05) is 25.5 Å². The molecule has 2 aromatic heterocycles.